The third-order valence-corrected chi connectivity index (χ3v) is 10.3. The van der Waals surface area contributed by atoms with Gasteiger partial charge >= 0.3 is 0 Å². The Morgan fingerprint density at radius 2 is 1.74 bits per heavy atom. The number of nitrogens with zero attached hydrogens (tertiary/aromatic N) is 1. The summed E-state index contributed by atoms with van der Waals surface area (Å²) >= 11 is 0. The van der Waals surface area contributed by atoms with Crippen LogP contribution in [0.3, 0.4) is 0 Å². The predicted molar refractivity (Wildman–Crippen MR) is 124 cm³/mol. The molecule has 5 atom stereocenters. The summed E-state index contributed by atoms with van der Waals surface area (Å²) in [4.78, 5) is 18.1. The maximum Gasteiger partial charge on any atom is 0.269 e. The minimum Gasteiger partial charge on any atom is -0.385 e. The highest BCUT2D eigenvalue weighted by Gasteiger charge is 2.69. The number of rotatable bonds is 5. The molecule has 6 aliphatic rings. The van der Waals surface area contributed by atoms with Crippen LogP contribution in [0.1, 0.15) is 83.5 Å². The summed E-state index contributed by atoms with van der Waals surface area (Å²) in [6, 6.07) is 1.04. The summed E-state index contributed by atoms with van der Waals surface area (Å²) in [5, 5.41) is 7.36. The van der Waals surface area contributed by atoms with E-state index < -0.39 is 0 Å². The molecule has 0 aromatic rings. The van der Waals surface area contributed by atoms with E-state index in [-0.39, 0.29) is 11.9 Å². The van der Waals surface area contributed by atoms with Crippen molar-refractivity contribution in [2.75, 3.05) is 7.05 Å². The Bertz CT molecular complexity index is 786. The average Bonchev–Trinajstić information content (AvgIpc) is 3.15. The van der Waals surface area contributed by atoms with E-state index in [9.17, 15) is 4.79 Å². The van der Waals surface area contributed by atoms with Gasteiger partial charge in [-0.3, -0.25) is 9.79 Å². The molecule has 1 spiro atoms. The fraction of sp³-hybridized carbons (Fsp3) is 0.846. The lowest BCUT2D eigenvalue weighted by Crippen LogP contribution is -2.49. The Labute approximate surface area is 187 Å². The molecule has 5 fully saturated rings. The second-order valence-electron chi connectivity index (χ2n) is 11.8. The molecule has 0 radical (unpaired) electrons. The highest BCUT2D eigenvalue weighted by atomic mass is 16.2. The Kier molecular flexibility index (Phi) is 4.97. The summed E-state index contributed by atoms with van der Waals surface area (Å²) in [5.41, 5.74) is 10.0. The van der Waals surface area contributed by atoms with Gasteiger partial charge in [-0.15, -0.1) is 0 Å². The Morgan fingerprint density at radius 3 is 2.42 bits per heavy atom. The van der Waals surface area contributed by atoms with Gasteiger partial charge in [-0.2, -0.15) is 0 Å². The van der Waals surface area contributed by atoms with Crippen molar-refractivity contribution in [3.63, 3.8) is 0 Å². The van der Waals surface area contributed by atoms with E-state index in [1.807, 2.05) is 0 Å². The van der Waals surface area contributed by atoms with Crippen LogP contribution < -0.4 is 16.4 Å². The molecule has 0 aromatic carbocycles. The molecule has 5 heteroatoms. The van der Waals surface area contributed by atoms with Crippen molar-refractivity contribution >= 4 is 11.6 Å². The monoisotopic (exact) mass is 424 g/mol. The lowest BCUT2D eigenvalue weighted by molar-refractivity contribution is -0.116. The fourth-order valence-electron chi connectivity index (χ4n) is 8.89. The van der Waals surface area contributed by atoms with Gasteiger partial charge in [0.25, 0.3) is 5.91 Å². The first-order valence-electron chi connectivity index (χ1n) is 13.1. The molecule has 0 aromatic heterocycles. The van der Waals surface area contributed by atoms with Crippen molar-refractivity contribution in [3.8, 4) is 0 Å². The first-order chi connectivity index (χ1) is 15.1. The number of carbonyl (C=O) groups is 1. The maximum atomic E-state index is 13.6. The van der Waals surface area contributed by atoms with Gasteiger partial charge in [0.05, 0.1) is 0 Å². The lowest BCUT2D eigenvalue weighted by atomic mass is 9.56. The van der Waals surface area contributed by atoms with Crippen molar-refractivity contribution < 1.29 is 4.79 Å². The van der Waals surface area contributed by atoms with Crippen molar-refractivity contribution in [2.45, 2.75) is 102 Å². The number of hydrogen-bond donors (Lipinski definition) is 3. The zero-order chi connectivity index (χ0) is 21.2. The zero-order valence-electron chi connectivity index (χ0n) is 19.2. The zero-order valence-corrected chi connectivity index (χ0v) is 19.2. The molecule has 5 nitrogen and oxygen atoms in total. The number of nitrogens with two attached hydrogens (primary N) is 1. The molecule has 4 N–H and O–H groups in total. The van der Waals surface area contributed by atoms with Gasteiger partial charge in [0, 0.05) is 36.4 Å². The molecule has 5 saturated carbocycles. The van der Waals surface area contributed by atoms with E-state index in [4.69, 9.17) is 5.73 Å². The van der Waals surface area contributed by atoms with E-state index in [1.54, 1.807) is 7.05 Å². The Hall–Kier alpha value is -1.36. The van der Waals surface area contributed by atoms with Gasteiger partial charge in [-0.25, -0.2) is 0 Å². The van der Waals surface area contributed by atoms with Crippen LogP contribution in [0.2, 0.25) is 0 Å². The Morgan fingerprint density at radius 1 is 1.03 bits per heavy atom. The molecule has 1 amide bonds. The highest BCUT2D eigenvalue weighted by molar-refractivity contribution is 6.45. The molecule has 6 rings (SSSR count). The summed E-state index contributed by atoms with van der Waals surface area (Å²) in [6.07, 6.45) is 16.0. The number of allylic oxidation sites excluding steroid dienone is 1. The number of carbonyl (C=O) groups excluding carboxylic acids is 1. The smallest absolute Gasteiger partial charge is 0.269 e. The van der Waals surface area contributed by atoms with E-state index in [1.165, 1.54) is 69.9 Å². The van der Waals surface area contributed by atoms with Crippen LogP contribution in [0, 0.1) is 29.1 Å². The minimum atomic E-state index is 0.0551. The number of fused-ring (bicyclic) bond motifs is 2. The molecule has 5 unspecified atom stereocenters. The Balaban J connectivity index is 1.21. The highest BCUT2D eigenvalue weighted by Crippen LogP contribution is 2.75. The number of aliphatic imine (C=N–C) groups is 1. The summed E-state index contributed by atoms with van der Waals surface area (Å²) in [7, 11) is 1.78. The van der Waals surface area contributed by atoms with Crippen LogP contribution in [0.4, 0.5) is 0 Å². The molecule has 170 valence electrons. The second-order valence-corrected chi connectivity index (χ2v) is 11.8. The van der Waals surface area contributed by atoms with Gasteiger partial charge in [-0.1, -0.05) is 19.3 Å². The molecular formula is C26H40N4O. The average molecular weight is 425 g/mol. The van der Waals surface area contributed by atoms with Crippen LogP contribution in [-0.2, 0) is 4.79 Å². The van der Waals surface area contributed by atoms with Crippen LogP contribution in [0.5, 0.6) is 0 Å². The fourth-order valence-corrected chi connectivity index (χ4v) is 8.89. The largest absolute Gasteiger partial charge is 0.385 e. The number of hydrogen-bond acceptors (Lipinski definition) is 4. The second kappa shape index (κ2) is 7.60. The van der Waals surface area contributed by atoms with E-state index in [0.29, 0.717) is 35.0 Å². The third kappa shape index (κ3) is 3.20. The molecule has 0 saturated heterocycles. The van der Waals surface area contributed by atoms with Crippen molar-refractivity contribution in [2.24, 2.45) is 39.8 Å². The number of nitrogens with one attached hydrogen (secondary N) is 2. The molecule has 31 heavy (non-hydrogen) atoms. The normalized spacial score (nSPS) is 44.3. The van der Waals surface area contributed by atoms with Crippen LogP contribution in [0.25, 0.3) is 0 Å². The van der Waals surface area contributed by atoms with Crippen molar-refractivity contribution in [3.05, 3.63) is 11.3 Å². The predicted octanol–water partition coefficient (Wildman–Crippen LogP) is 3.69. The van der Waals surface area contributed by atoms with Crippen LogP contribution in [0.15, 0.2) is 16.3 Å². The van der Waals surface area contributed by atoms with Gasteiger partial charge in [0.2, 0.25) is 0 Å². The van der Waals surface area contributed by atoms with E-state index >= 15 is 0 Å². The minimum absolute atomic E-state index is 0.0551. The molecule has 6 aliphatic carbocycles. The van der Waals surface area contributed by atoms with Gasteiger partial charge < -0.3 is 16.4 Å². The molecule has 3 bridgehead atoms. The van der Waals surface area contributed by atoms with Crippen LogP contribution >= 0.6 is 0 Å². The standard InChI is InChI=1S/C26H40N4O/c1-28-24(21-12-19(27)7-8-22(21)29-20-5-3-2-4-6-20)25(31)30-23-15-9-17-11-18-10-16(23)14-26(17,18)13-15/h15-20,23,29H,2-14,27H2,1H3,(H,30,31)/b28-24+. The lowest BCUT2D eigenvalue weighted by Gasteiger charge is -2.49. The van der Waals surface area contributed by atoms with E-state index in [0.717, 1.165) is 36.7 Å². The van der Waals surface area contributed by atoms with Gasteiger partial charge in [-0.05, 0) is 93.3 Å². The number of amides is 1. The van der Waals surface area contributed by atoms with Crippen molar-refractivity contribution in [1.82, 2.24) is 10.6 Å². The summed E-state index contributed by atoms with van der Waals surface area (Å²) < 4.78 is 0. The summed E-state index contributed by atoms with van der Waals surface area (Å²) in [5.74, 6) is 3.36. The molecular weight excluding hydrogens is 384 g/mol. The first kappa shape index (κ1) is 20.3. The topological polar surface area (TPSA) is 79.5 Å². The van der Waals surface area contributed by atoms with Gasteiger partial charge in [0.15, 0.2) is 0 Å². The maximum absolute atomic E-state index is 13.6. The first-order valence-corrected chi connectivity index (χ1v) is 13.1. The third-order valence-electron chi connectivity index (χ3n) is 10.3. The summed E-state index contributed by atoms with van der Waals surface area (Å²) in [6.45, 7) is 0. The SMILES string of the molecule is C/N=C(/C(=O)NC1C2CC3CC4CC1CC34C2)C1=C(NC2CCCCC2)CCC(N)C1. The quantitative estimate of drug-likeness (QED) is 0.589. The van der Waals surface area contributed by atoms with Crippen LogP contribution in [-0.4, -0.2) is 36.8 Å². The van der Waals surface area contributed by atoms with Gasteiger partial charge in [0.1, 0.15) is 5.71 Å². The molecule has 0 heterocycles. The van der Waals surface area contributed by atoms with Crippen molar-refractivity contribution in [1.29, 1.82) is 0 Å². The molecule has 0 aliphatic heterocycles. The van der Waals surface area contributed by atoms with E-state index in [2.05, 4.69) is 15.6 Å².